The van der Waals surface area contributed by atoms with E-state index in [1.54, 1.807) is 11.8 Å². The van der Waals surface area contributed by atoms with Crippen LogP contribution in [0.25, 0.3) is 0 Å². The van der Waals surface area contributed by atoms with E-state index >= 15 is 0 Å². The zero-order chi connectivity index (χ0) is 14.5. The number of rotatable bonds is 1. The summed E-state index contributed by atoms with van der Waals surface area (Å²) in [5.74, 6) is -0.157. The molecule has 2 rings (SSSR count). The number of amides is 1. The molecule has 1 aromatic rings. The Morgan fingerprint density at radius 1 is 1.42 bits per heavy atom. The topological polar surface area (TPSA) is 63.5 Å². The van der Waals surface area contributed by atoms with Gasteiger partial charge in [0.1, 0.15) is 5.69 Å². The molecule has 102 valence electrons. The molecule has 5 nitrogen and oxygen atoms in total. The molecule has 0 fully saturated rings. The summed E-state index contributed by atoms with van der Waals surface area (Å²) in [6.07, 6.45) is 0.653. The van der Waals surface area contributed by atoms with Gasteiger partial charge >= 0.3 is 0 Å². The zero-order valence-electron chi connectivity index (χ0n) is 11.3. The highest BCUT2D eigenvalue weighted by Gasteiger charge is 2.39. The van der Waals surface area contributed by atoms with Crippen molar-refractivity contribution in [2.45, 2.75) is 40.2 Å². The lowest BCUT2D eigenvalue weighted by atomic mass is 10.00. The summed E-state index contributed by atoms with van der Waals surface area (Å²) in [5.41, 5.74) is 2.96. The van der Waals surface area contributed by atoms with Crippen LogP contribution >= 0.6 is 15.9 Å². The molecule has 0 N–H and O–H groups in total. The number of nitrogens with zero attached hydrogens (tertiary/aromatic N) is 2. The Kier molecular flexibility index (Phi) is 3.38. The van der Waals surface area contributed by atoms with Gasteiger partial charge in [0.05, 0.1) is 4.92 Å². The second-order valence-corrected chi connectivity index (χ2v) is 5.73. The smallest absolute Gasteiger partial charge is 0.297 e. The van der Waals surface area contributed by atoms with Crippen LogP contribution in [-0.2, 0) is 11.2 Å². The SMILES string of the molecule is CC(=O)N1c2c(c(C)c(Br)c(C)c2[N+](=O)[O-])CC1C. The number of nitro benzene ring substituents is 1. The highest BCUT2D eigenvalue weighted by atomic mass is 79.9. The van der Waals surface area contributed by atoms with Crippen LogP contribution in [0.3, 0.4) is 0 Å². The second kappa shape index (κ2) is 4.59. The zero-order valence-corrected chi connectivity index (χ0v) is 12.9. The largest absolute Gasteiger partial charge is 0.303 e. The summed E-state index contributed by atoms with van der Waals surface area (Å²) in [5, 5.41) is 11.4. The second-order valence-electron chi connectivity index (χ2n) is 4.94. The van der Waals surface area contributed by atoms with Crippen LogP contribution < -0.4 is 4.90 Å². The maximum absolute atomic E-state index is 11.8. The van der Waals surface area contributed by atoms with Crippen molar-refractivity contribution in [2.75, 3.05) is 4.90 Å². The van der Waals surface area contributed by atoms with E-state index in [0.717, 1.165) is 15.6 Å². The Morgan fingerprint density at radius 3 is 2.47 bits per heavy atom. The molecular weight excluding hydrogens is 312 g/mol. The number of carbonyl (C=O) groups is 1. The Hall–Kier alpha value is -1.43. The normalized spacial score (nSPS) is 17.5. The first-order chi connectivity index (χ1) is 8.77. The van der Waals surface area contributed by atoms with Crippen molar-refractivity contribution in [3.8, 4) is 0 Å². The third-order valence-corrected chi connectivity index (χ3v) is 4.87. The summed E-state index contributed by atoms with van der Waals surface area (Å²) >= 11 is 3.42. The van der Waals surface area contributed by atoms with E-state index in [9.17, 15) is 14.9 Å². The molecule has 0 saturated heterocycles. The third-order valence-electron chi connectivity index (χ3n) is 3.68. The maximum atomic E-state index is 11.8. The summed E-state index contributed by atoms with van der Waals surface area (Å²) in [7, 11) is 0. The predicted octanol–water partition coefficient (Wildman–Crippen LogP) is 3.27. The van der Waals surface area contributed by atoms with E-state index in [1.165, 1.54) is 6.92 Å². The van der Waals surface area contributed by atoms with E-state index in [2.05, 4.69) is 15.9 Å². The first-order valence-corrected chi connectivity index (χ1v) is 6.82. The van der Waals surface area contributed by atoms with Crippen LogP contribution in [0.15, 0.2) is 4.47 Å². The van der Waals surface area contributed by atoms with Crippen molar-refractivity contribution in [3.63, 3.8) is 0 Å². The highest BCUT2D eigenvalue weighted by Crippen LogP contribution is 2.46. The molecule has 19 heavy (non-hydrogen) atoms. The molecule has 0 aromatic heterocycles. The molecule has 1 amide bonds. The van der Waals surface area contributed by atoms with E-state index in [-0.39, 0.29) is 17.6 Å². The first kappa shape index (κ1) is 14.0. The number of benzene rings is 1. The molecule has 1 atom stereocenters. The molecule has 1 aliphatic heterocycles. The minimum absolute atomic E-state index is 0.0343. The van der Waals surface area contributed by atoms with Gasteiger partial charge in [-0.2, -0.15) is 0 Å². The van der Waals surface area contributed by atoms with Crippen molar-refractivity contribution in [2.24, 2.45) is 0 Å². The lowest BCUT2D eigenvalue weighted by molar-refractivity contribution is -0.384. The molecule has 1 heterocycles. The first-order valence-electron chi connectivity index (χ1n) is 6.03. The van der Waals surface area contributed by atoms with Gasteiger partial charge in [0.2, 0.25) is 5.91 Å². The standard InChI is InChI=1S/C13H15BrN2O3/c1-6-5-10-7(2)11(14)8(3)12(16(18)19)13(10)15(6)9(4)17/h6H,5H2,1-4H3. The van der Waals surface area contributed by atoms with Gasteiger partial charge in [-0.1, -0.05) is 0 Å². The lowest BCUT2D eigenvalue weighted by Gasteiger charge is -2.21. The molecule has 1 aliphatic rings. The monoisotopic (exact) mass is 326 g/mol. The van der Waals surface area contributed by atoms with Gasteiger partial charge in [0, 0.05) is 23.0 Å². The molecule has 0 radical (unpaired) electrons. The predicted molar refractivity (Wildman–Crippen MR) is 76.6 cm³/mol. The molecule has 0 bridgehead atoms. The van der Waals surface area contributed by atoms with Crippen LogP contribution in [0, 0.1) is 24.0 Å². The molecule has 1 aromatic carbocycles. The minimum Gasteiger partial charge on any atom is -0.303 e. The summed E-state index contributed by atoms with van der Waals surface area (Å²) < 4.78 is 0.760. The van der Waals surface area contributed by atoms with Gasteiger partial charge in [-0.25, -0.2) is 0 Å². The van der Waals surface area contributed by atoms with E-state index < -0.39 is 4.92 Å². The van der Waals surface area contributed by atoms with Crippen LogP contribution in [0.1, 0.15) is 30.5 Å². The van der Waals surface area contributed by atoms with Gasteiger partial charge in [-0.15, -0.1) is 0 Å². The van der Waals surface area contributed by atoms with Crippen LogP contribution in [0.4, 0.5) is 11.4 Å². The number of anilines is 1. The van der Waals surface area contributed by atoms with Gasteiger partial charge < -0.3 is 4.90 Å². The Morgan fingerprint density at radius 2 is 2.00 bits per heavy atom. The van der Waals surface area contributed by atoms with Crippen LogP contribution in [-0.4, -0.2) is 16.9 Å². The van der Waals surface area contributed by atoms with E-state index in [1.807, 2.05) is 13.8 Å². The fourth-order valence-corrected chi connectivity index (χ4v) is 3.25. The van der Waals surface area contributed by atoms with Gasteiger partial charge in [0.15, 0.2) is 0 Å². The van der Waals surface area contributed by atoms with Gasteiger partial charge in [-0.05, 0) is 54.2 Å². The van der Waals surface area contributed by atoms with Gasteiger partial charge in [-0.3, -0.25) is 14.9 Å². The van der Waals surface area contributed by atoms with Crippen molar-refractivity contribution in [1.82, 2.24) is 0 Å². The number of fused-ring (bicyclic) bond motifs is 1. The Balaban J connectivity index is 2.86. The van der Waals surface area contributed by atoms with Crippen LogP contribution in [0.2, 0.25) is 0 Å². The van der Waals surface area contributed by atoms with E-state index in [4.69, 9.17) is 0 Å². The minimum atomic E-state index is -0.396. The van der Waals surface area contributed by atoms with Crippen LogP contribution in [0.5, 0.6) is 0 Å². The van der Waals surface area contributed by atoms with Crippen molar-refractivity contribution >= 4 is 33.2 Å². The molecule has 0 spiro atoms. The lowest BCUT2D eigenvalue weighted by Crippen LogP contribution is -2.34. The fourth-order valence-electron chi connectivity index (χ4n) is 2.82. The Bertz CT molecular complexity index is 598. The van der Waals surface area contributed by atoms with Crippen molar-refractivity contribution in [1.29, 1.82) is 0 Å². The summed E-state index contributed by atoms with van der Waals surface area (Å²) in [4.78, 5) is 24.3. The number of nitro groups is 1. The molecule has 0 aliphatic carbocycles. The number of hydrogen-bond donors (Lipinski definition) is 0. The summed E-state index contributed by atoms with van der Waals surface area (Å²) in [6.45, 7) is 6.99. The quantitative estimate of drug-likeness (QED) is 0.587. The number of halogens is 1. The van der Waals surface area contributed by atoms with Gasteiger partial charge in [0.25, 0.3) is 5.69 Å². The molecule has 6 heteroatoms. The fraction of sp³-hybridized carbons (Fsp3) is 0.462. The average molecular weight is 327 g/mol. The Labute approximate surface area is 119 Å². The molecule has 0 saturated carbocycles. The van der Waals surface area contributed by atoms with E-state index in [0.29, 0.717) is 17.7 Å². The number of carbonyl (C=O) groups excluding carboxylic acids is 1. The number of hydrogen-bond acceptors (Lipinski definition) is 3. The maximum Gasteiger partial charge on any atom is 0.297 e. The highest BCUT2D eigenvalue weighted by molar-refractivity contribution is 9.10. The molecule has 1 unspecified atom stereocenters. The third kappa shape index (κ3) is 1.94. The molecular formula is C13H15BrN2O3. The summed E-state index contributed by atoms with van der Waals surface area (Å²) in [6, 6.07) is -0.0430. The van der Waals surface area contributed by atoms with Crippen molar-refractivity contribution < 1.29 is 9.72 Å². The van der Waals surface area contributed by atoms with Crippen molar-refractivity contribution in [3.05, 3.63) is 31.3 Å². The average Bonchev–Trinajstić information content (AvgIpc) is 2.63.